The Labute approximate surface area is 171 Å². The quantitative estimate of drug-likeness (QED) is 0.612. The van der Waals surface area contributed by atoms with E-state index >= 15 is 0 Å². The topological polar surface area (TPSA) is 67.6 Å². The Morgan fingerprint density at radius 2 is 1.72 bits per heavy atom. The van der Waals surface area contributed by atoms with Crippen molar-refractivity contribution in [3.05, 3.63) is 66.2 Å². The average Bonchev–Trinajstić information content (AvgIpc) is 3.29. The van der Waals surface area contributed by atoms with Gasteiger partial charge in [0.1, 0.15) is 12.4 Å². The van der Waals surface area contributed by atoms with Crippen LogP contribution < -0.4 is 15.8 Å². The molecule has 3 aromatic rings. The lowest BCUT2D eigenvalue weighted by atomic mass is 10.1. The Morgan fingerprint density at radius 3 is 2.45 bits per heavy atom. The van der Waals surface area contributed by atoms with Gasteiger partial charge in [-0.15, -0.1) is 0 Å². The number of nitrogens with two attached hydrogens (primary N) is 1. The predicted molar refractivity (Wildman–Crippen MR) is 118 cm³/mol. The lowest BCUT2D eigenvalue weighted by Crippen LogP contribution is -2.40. The molecule has 5 nitrogen and oxygen atoms in total. The molecule has 3 N–H and O–H groups in total. The van der Waals surface area contributed by atoms with Crippen LogP contribution in [0.5, 0.6) is 5.75 Å². The van der Waals surface area contributed by atoms with Gasteiger partial charge >= 0.3 is 0 Å². The Kier molecular flexibility index (Phi) is 5.67. The number of rotatable bonds is 6. The van der Waals surface area contributed by atoms with Crippen molar-refractivity contribution in [2.75, 3.05) is 24.1 Å². The van der Waals surface area contributed by atoms with Crippen molar-refractivity contribution in [2.45, 2.75) is 32.4 Å². The number of benzene rings is 3. The van der Waals surface area contributed by atoms with Crippen molar-refractivity contribution in [2.24, 2.45) is 0 Å². The number of fused-ring (bicyclic) bond motifs is 1. The smallest absolute Gasteiger partial charge is 0.241 e. The van der Waals surface area contributed by atoms with Crippen molar-refractivity contribution in [1.29, 1.82) is 0 Å². The van der Waals surface area contributed by atoms with Gasteiger partial charge < -0.3 is 15.8 Å². The molecule has 1 amide bonds. The number of hydrogen-bond acceptors (Lipinski definition) is 4. The molecule has 5 heteroatoms. The average molecular weight is 389 g/mol. The number of likely N-dealkylation sites (tertiary alicyclic amines) is 1. The van der Waals surface area contributed by atoms with Gasteiger partial charge in [-0.3, -0.25) is 9.69 Å². The normalized spacial score (nSPS) is 15.3. The Hall–Kier alpha value is -3.05. The molecule has 150 valence electrons. The molecular formula is C24H27N3O2. The highest BCUT2D eigenvalue weighted by Crippen LogP contribution is 2.37. The van der Waals surface area contributed by atoms with E-state index in [1.54, 1.807) is 6.07 Å². The number of nitrogens with one attached hydrogen (secondary N) is 1. The first-order valence-corrected chi connectivity index (χ1v) is 10.2. The molecule has 4 rings (SSSR count). The second-order valence-electron chi connectivity index (χ2n) is 7.57. The molecular weight excluding hydrogens is 362 g/mol. The van der Waals surface area contributed by atoms with E-state index in [0.29, 0.717) is 23.7 Å². The van der Waals surface area contributed by atoms with Gasteiger partial charge in [-0.1, -0.05) is 54.6 Å². The first-order chi connectivity index (χ1) is 14.1. The third kappa shape index (κ3) is 4.20. The molecule has 1 aliphatic rings. The molecule has 3 aromatic carbocycles. The molecule has 0 radical (unpaired) electrons. The van der Waals surface area contributed by atoms with Crippen molar-refractivity contribution in [1.82, 2.24) is 4.90 Å². The van der Waals surface area contributed by atoms with Crippen molar-refractivity contribution in [3.63, 3.8) is 0 Å². The van der Waals surface area contributed by atoms with Crippen LogP contribution in [0.3, 0.4) is 0 Å². The summed E-state index contributed by atoms with van der Waals surface area (Å²) in [6.45, 7) is 4.35. The molecule has 29 heavy (non-hydrogen) atoms. The van der Waals surface area contributed by atoms with E-state index < -0.39 is 0 Å². The van der Waals surface area contributed by atoms with Crippen LogP contribution >= 0.6 is 0 Å². The highest BCUT2D eigenvalue weighted by molar-refractivity contribution is 6.09. The van der Waals surface area contributed by atoms with E-state index in [1.165, 1.54) is 0 Å². The minimum Gasteiger partial charge on any atom is -0.488 e. The number of nitrogen functional groups attached to an aromatic ring is 1. The van der Waals surface area contributed by atoms with Gasteiger partial charge in [0.2, 0.25) is 5.91 Å². The zero-order valence-corrected chi connectivity index (χ0v) is 16.7. The highest BCUT2D eigenvalue weighted by Gasteiger charge is 2.25. The maximum absolute atomic E-state index is 12.9. The first kappa shape index (κ1) is 19.3. The number of hydrogen-bond donors (Lipinski definition) is 2. The fourth-order valence-corrected chi connectivity index (χ4v) is 3.88. The van der Waals surface area contributed by atoms with Crippen LogP contribution in [-0.2, 0) is 11.4 Å². The third-order valence-corrected chi connectivity index (χ3v) is 5.59. The number of anilines is 2. The fourth-order valence-electron chi connectivity index (χ4n) is 3.88. The Bertz CT molecular complexity index is 998. The van der Waals surface area contributed by atoms with E-state index in [1.807, 2.05) is 61.5 Å². The lowest BCUT2D eigenvalue weighted by molar-refractivity contribution is -0.120. The van der Waals surface area contributed by atoms with Gasteiger partial charge in [-0.05, 0) is 38.4 Å². The van der Waals surface area contributed by atoms with Gasteiger partial charge in [0.15, 0.2) is 0 Å². The van der Waals surface area contributed by atoms with Crippen LogP contribution in [0, 0.1) is 0 Å². The van der Waals surface area contributed by atoms with Gasteiger partial charge in [-0.25, -0.2) is 0 Å². The zero-order valence-electron chi connectivity index (χ0n) is 16.7. The van der Waals surface area contributed by atoms with Crippen molar-refractivity contribution in [3.8, 4) is 5.75 Å². The van der Waals surface area contributed by atoms with Gasteiger partial charge in [0, 0.05) is 16.8 Å². The molecule has 1 aliphatic heterocycles. The molecule has 1 heterocycles. The van der Waals surface area contributed by atoms with Crippen LogP contribution in [-0.4, -0.2) is 29.9 Å². The third-order valence-electron chi connectivity index (χ3n) is 5.59. The van der Waals surface area contributed by atoms with E-state index in [4.69, 9.17) is 10.5 Å². The van der Waals surface area contributed by atoms with Crippen molar-refractivity contribution >= 4 is 28.1 Å². The molecule has 0 aromatic heterocycles. The Balaban J connectivity index is 1.60. The largest absolute Gasteiger partial charge is 0.488 e. The number of carbonyl (C=O) groups is 1. The summed E-state index contributed by atoms with van der Waals surface area (Å²) in [5.74, 6) is 0.689. The summed E-state index contributed by atoms with van der Waals surface area (Å²) < 4.78 is 6.07. The van der Waals surface area contributed by atoms with Gasteiger partial charge in [-0.2, -0.15) is 0 Å². The minimum absolute atomic E-state index is 0.0262. The summed E-state index contributed by atoms with van der Waals surface area (Å²) >= 11 is 0. The molecule has 1 fully saturated rings. The van der Waals surface area contributed by atoms with Crippen LogP contribution in [0.2, 0.25) is 0 Å². The predicted octanol–water partition coefficient (Wildman–Crippen LogP) is 4.42. The van der Waals surface area contributed by atoms with Crippen molar-refractivity contribution < 1.29 is 9.53 Å². The number of amides is 1. The highest BCUT2D eigenvalue weighted by atomic mass is 16.5. The summed E-state index contributed by atoms with van der Waals surface area (Å²) in [6, 6.07) is 19.5. The van der Waals surface area contributed by atoms with Crippen LogP contribution in [0.25, 0.3) is 10.8 Å². The molecule has 1 saturated heterocycles. The number of carbonyl (C=O) groups excluding carboxylic acids is 1. The fraction of sp³-hybridized carbons (Fsp3) is 0.292. The van der Waals surface area contributed by atoms with E-state index in [0.717, 1.165) is 42.3 Å². The lowest BCUT2D eigenvalue weighted by Gasteiger charge is -2.24. The monoisotopic (exact) mass is 389 g/mol. The Morgan fingerprint density at radius 1 is 1.07 bits per heavy atom. The second kappa shape index (κ2) is 8.53. The summed E-state index contributed by atoms with van der Waals surface area (Å²) in [5, 5.41) is 4.89. The zero-order chi connectivity index (χ0) is 20.2. The first-order valence-electron chi connectivity index (χ1n) is 10.2. The van der Waals surface area contributed by atoms with E-state index in [9.17, 15) is 4.79 Å². The molecule has 0 spiro atoms. The summed E-state index contributed by atoms with van der Waals surface area (Å²) in [5.41, 5.74) is 8.60. The van der Waals surface area contributed by atoms with E-state index in [2.05, 4.69) is 10.2 Å². The molecule has 1 unspecified atom stereocenters. The molecule has 1 atom stereocenters. The SMILES string of the molecule is CC(C(=O)Nc1c(N)cc(OCc2ccccc2)c2ccccc12)N1CCCC1. The van der Waals surface area contributed by atoms with Gasteiger partial charge in [0.05, 0.1) is 17.4 Å². The van der Waals surface area contributed by atoms with Crippen LogP contribution in [0.1, 0.15) is 25.3 Å². The number of ether oxygens (including phenoxy) is 1. The summed E-state index contributed by atoms with van der Waals surface area (Å²) in [4.78, 5) is 15.1. The van der Waals surface area contributed by atoms with Crippen LogP contribution in [0.4, 0.5) is 11.4 Å². The maximum Gasteiger partial charge on any atom is 0.241 e. The molecule has 0 saturated carbocycles. The standard InChI is InChI=1S/C24H27N3O2/c1-17(27-13-7-8-14-27)24(28)26-23-20-12-6-5-11-19(20)22(15-21(23)25)29-16-18-9-3-2-4-10-18/h2-6,9-12,15,17H,7-8,13-14,16,25H2,1H3,(H,26,28). The summed E-state index contributed by atoms with van der Waals surface area (Å²) in [7, 11) is 0. The van der Waals surface area contributed by atoms with E-state index in [-0.39, 0.29) is 11.9 Å². The molecule has 0 aliphatic carbocycles. The number of nitrogens with zero attached hydrogens (tertiary/aromatic N) is 1. The second-order valence-corrected chi connectivity index (χ2v) is 7.57. The maximum atomic E-state index is 12.9. The van der Waals surface area contributed by atoms with Gasteiger partial charge in [0.25, 0.3) is 0 Å². The minimum atomic E-state index is -0.176. The molecule has 0 bridgehead atoms. The van der Waals surface area contributed by atoms with Crippen LogP contribution in [0.15, 0.2) is 60.7 Å². The summed E-state index contributed by atoms with van der Waals surface area (Å²) in [6.07, 6.45) is 2.30.